The van der Waals surface area contributed by atoms with Crippen LogP contribution in [-0.2, 0) is 6.42 Å². The Kier molecular flexibility index (Phi) is 3.84. The Morgan fingerprint density at radius 1 is 1.10 bits per heavy atom. The van der Waals surface area contributed by atoms with Crippen molar-refractivity contribution in [1.29, 1.82) is 0 Å². The standard InChI is InChI=1S/C18H21NO2/c1-2-8-19-15-9-13-10-16(20)17(21)11-14(13)18(15)12-6-4-3-5-7-12/h3-7,10-11,15,18-21H,2,8-9H2,1H3/t15-,18-/m1/s1. The average molecular weight is 283 g/mol. The van der Waals surface area contributed by atoms with Crippen LogP contribution in [0.3, 0.4) is 0 Å². The molecule has 0 bridgehead atoms. The Morgan fingerprint density at radius 3 is 2.52 bits per heavy atom. The van der Waals surface area contributed by atoms with Gasteiger partial charge in [-0.1, -0.05) is 37.3 Å². The lowest BCUT2D eigenvalue weighted by molar-refractivity contribution is 0.403. The number of hydrogen-bond acceptors (Lipinski definition) is 3. The molecule has 3 heteroatoms. The van der Waals surface area contributed by atoms with Crippen molar-refractivity contribution >= 4 is 0 Å². The minimum atomic E-state index is -0.0363. The second-order valence-corrected chi connectivity index (χ2v) is 5.69. The van der Waals surface area contributed by atoms with Crippen LogP contribution in [0.25, 0.3) is 0 Å². The van der Waals surface area contributed by atoms with Gasteiger partial charge in [0.25, 0.3) is 0 Å². The number of phenolic OH excluding ortho intramolecular Hbond substituents is 2. The minimum Gasteiger partial charge on any atom is -0.504 e. The van der Waals surface area contributed by atoms with Crippen LogP contribution in [-0.4, -0.2) is 22.8 Å². The van der Waals surface area contributed by atoms with Crippen LogP contribution in [0.4, 0.5) is 0 Å². The molecule has 3 nitrogen and oxygen atoms in total. The highest BCUT2D eigenvalue weighted by Crippen LogP contribution is 2.42. The predicted octanol–water partition coefficient (Wildman–Crippen LogP) is 3.15. The van der Waals surface area contributed by atoms with Gasteiger partial charge in [-0.15, -0.1) is 0 Å². The molecular formula is C18H21NO2. The van der Waals surface area contributed by atoms with Gasteiger partial charge in [-0.2, -0.15) is 0 Å². The fraction of sp³-hybridized carbons (Fsp3) is 0.333. The molecule has 0 heterocycles. The van der Waals surface area contributed by atoms with Crippen molar-refractivity contribution in [3.8, 4) is 11.5 Å². The van der Waals surface area contributed by atoms with Crippen molar-refractivity contribution in [2.45, 2.75) is 31.7 Å². The first kappa shape index (κ1) is 14.0. The van der Waals surface area contributed by atoms with Crippen LogP contribution in [0.1, 0.15) is 36.0 Å². The van der Waals surface area contributed by atoms with Crippen LogP contribution in [0.2, 0.25) is 0 Å². The Labute approximate surface area is 125 Å². The molecule has 0 amide bonds. The van der Waals surface area contributed by atoms with Crippen molar-refractivity contribution in [3.05, 3.63) is 59.2 Å². The van der Waals surface area contributed by atoms with Gasteiger partial charge in [0.05, 0.1) is 0 Å². The van der Waals surface area contributed by atoms with Gasteiger partial charge >= 0.3 is 0 Å². The summed E-state index contributed by atoms with van der Waals surface area (Å²) in [5, 5.41) is 23.2. The number of rotatable bonds is 4. The highest BCUT2D eigenvalue weighted by molar-refractivity contribution is 5.53. The Balaban J connectivity index is 2.02. The zero-order valence-electron chi connectivity index (χ0n) is 12.2. The number of benzene rings is 2. The molecule has 2 atom stereocenters. The first-order valence-electron chi connectivity index (χ1n) is 7.53. The van der Waals surface area contributed by atoms with Crippen molar-refractivity contribution in [2.24, 2.45) is 0 Å². The van der Waals surface area contributed by atoms with Crippen molar-refractivity contribution < 1.29 is 10.2 Å². The lowest BCUT2D eigenvalue weighted by Gasteiger charge is -2.22. The van der Waals surface area contributed by atoms with Gasteiger partial charge < -0.3 is 15.5 Å². The summed E-state index contributed by atoms with van der Waals surface area (Å²) in [6, 6.07) is 14.1. The third-order valence-corrected chi connectivity index (χ3v) is 4.23. The van der Waals surface area contributed by atoms with E-state index in [1.807, 2.05) is 18.2 Å². The fourth-order valence-corrected chi connectivity index (χ4v) is 3.27. The van der Waals surface area contributed by atoms with Crippen molar-refractivity contribution in [1.82, 2.24) is 5.32 Å². The third kappa shape index (κ3) is 2.61. The van der Waals surface area contributed by atoms with Crippen LogP contribution >= 0.6 is 0 Å². The Bertz CT molecular complexity index is 625. The summed E-state index contributed by atoms with van der Waals surface area (Å²) in [7, 11) is 0. The van der Waals surface area contributed by atoms with Crippen molar-refractivity contribution in [2.75, 3.05) is 6.54 Å². The lowest BCUT2D eigenvalue weighted by Crippen LogP contribution is -2.33. The van der Waals surface area contributed by atoms with Gasteiger partial charge in [0.1, 0.15) is 0 Å². The zero-order valence-corrected chi connectivity index (χ0v) is 12.2. The van der Waals surface area contributed by atoms with E-state index in [9.17, 15) is 10.2 Å². The third-order valence-electron chi connectivity index (χ3n) is 4.23. The molecule has 1 aliphatic rings. The predicted molar refractivity (Wildman–Crippen MR) is 83.8 cm³/mol. The molecule has 0 saturated carbocycles. The fourth-order valence-electron chi connectivity index (χ4n) is 3.27. The molecule has 0 radical (unpaired) electrons. The van der Waals surface area contributed by atoms with Crippen LogP contribution in [0, 0.1) is 0 Å². The van der Waals surface area contributed by atoms with Gasteiger partial charge in [0, 0.05) is 12.0 Å². The van der Waals surface area contributed by atoms with E-state index in [4.69, 9.17) is 0 Å². The molecule has 0 aliphatic heterocycles. The normalized spacial score (nSPS) is 20.4. The maximum absolute atomic E-state index is 9.84. The average Bonchev–Trinajstić information content (AvgIpc) is 2.84. The van der Waals surface area contributed by atoms with Crippen molar-refractivity contribution in [3.63, 3.8) is 0 Å². The van der Waals surface area contributed by atoms with Crippen LogP contribution < -0.4 is 5.32 Å². The lowest BCUT2D eigenvalue weighted by atomic mass is 9.90. The molecule has 2 aromatic carbocycles. The van der Waals surface area contributed by atoms with Crippen LogP contribution in [0.5, 0.6) is 11.5 Å². The summed E-state index contributed by atoms with van der Waals surface area (Å²) in [6.45, 7) is 3.13. The van der Waals surface area contributed by atoms with E-state index >= 15 is 0 Å². The summed E-state index contributed by atoms with van der Waals surface area (Å²) < 4.78 is 0. The van der Waals surface area contributed by atoms with E-state index in [1.54, 1.807) is 12.1 Å². The number of aromatic hydroxyl groups is 2. The van der Waals surface area contributed by atoms with Gasteiger partial charge in [-0.3, -0.25) is 0 Å². The summed E-state index contributed by atoms with van der Waals surface area (Å²) in [5.74, 6) is 0.154. The van der Waals surface area contributed by atoms with Gasteiger partial charge in [0.2, 0.25) is 0 Å². The van der Waals surface area contributed by atoms with E-state index in [0.717, 1.165) is 30.5 Å². The molecule has 0 unspecified atom stereocenters. The molecule has 2 aromatic rings. The molecule has 21 heavy (non-hydrogen) atoms. The van der Waals surface area contributed by atoms with Crippen LogP contribution in [0.15, 0.2) is 42.5 Å². The minimum absolute atomic E-state index is 0.0308. The molecule has 0 fully saturated rings. The molecular weight excluding hydrogens is 262 g/mol. The molecule has 3 rings (SSSR count). The summed E-state index contributed by atoms with van der Waals surface area (Å²) >= 11 is 0. The maximum Gasteiger partial charge on any atom is 0.157 e. The quantitative estimate of drug-likeness (QED) is 0.756. The molecule has 1 aliphatic carbocycles. The molecule has 0 saturated heterocycles. The molecule has 0 aromatic heterocycles. The summed E-state index contributed by atoms with van der Waals surface area (Å²) in [6.07, 6.45) is 1.97. The SMILES string of the molecule is CCCN[C@@H]1Cc2cc(O)c(O)cc2[C@H]1c1ccccc1. The summed E-state index contributed by atoms with van der Waals surface area (Å²) in [5.41, 5.74) is 3.48. The van der Waals surface area contributed by atoms with E-state index in [0.29, 0.717) is 6.04 Å². The second-order valence-electron chi connectivity index (χ2n) is 5.69. The van der Waals surface area contributed by atoms with E-state index < -0.39 is 0 Å². The summed E-state index contributed by atoms with van der Waals surface area (Å²) in [4.78, 5) is 0. The number of phenols is 2. The smallest absolute Gasteiger partial charge is 0.157 e. The topological polar surface area (TPSA) is 52.5 Å². The van der Waals surface area contributed by atoms with E-state index in [2.05, 4.69) is 24.4 Å². The highest BCUT2D eigenvalue weighted by atomic mass is 16.3. The largest absolute Gasteiger partial charge is 0.504 e. The molecule has 0 spiro atoms. The highest BCUT2D eigenvalue weighted by Gasteiger charge is 2.34. The monoisotopic (exact) mass is 283 g/mol. The van der Waals surface area contributed by atoms with Gasteiger partial charge in [-0.25, -0.2) is 0 Å². The molecule has 3 N–H and O–H groups in total. The Morgan fingerprint density at radius 2 is 1.81 bits per heavy atom. The first-order chi connectivity index (χ1) is 10.2. The number of hydrogen-bond donors (Lipinski definition) is 3. The molecule has 110 valence electrons. The zero-order chi connectivity index (χ0) is 14.8. The van der Waals surface area contributed by atoms with Gasteiger partial charge in [-0.05, 0) is 48.2 Å². The van der Waals surface area contributed by atoms with E-state index in [-0.39, 0.29) is 17.4 Å². The number of fused-ring (bicyclic) bond motifs is 1. The van der Waals surface area contributed by atoms with Gasteiger partial charge in [0.15, 0.2) is 11.5 Å². The number of nitrogens with one attached hydrogen (secondary N) is 1. The maximum atomic E-state index is 9.84. The van der Waals surface area contributed by atoms with E-state index in [1.165, 1.54) is 5.56 Å². The first-order valence-corrected chi connectivity index (χ1v) is 7.53. The Hall–Kier alpha value is -2.00. The second kappa shape index (κ2) is 5.78.